The topological polar surface area (TPSA) is 38.3 Å². The van der Waals surface area contributed by atoms with Crippen molar-refractivity contribution in [3.05, 3.63) is 24.3 Å². The summed E-state index contributed by atoms with van der Waals surface area (Å²) in [7, 11) is 1.66. The Morgan fingerprint density at radius 2 is 1.73 bits per heavy atom. The van der Waals surface area contributed by atoms with Crippen molar-refractivity contribution in [2.24, 2.45) is 0 Å². The number of hydrogen-bond acceptors (Lipinski definition) is 3. The van der Waals surface area contributed by atoms with Gasteiger partial charge in [-0.2, -0.15) is 0 Å². The summed E-state index contributed by atoms with van der Waals surface area (Å²) >= 11 is 1.60. The van der Waals surface area contributed by atoms with Crippen LogP contribution in [0.5, 0.6) is 5.75 Å². The largest absolute Gasteiger partial charge is 0.497 e. The second kappa shape index (κ2) is 9.09. The van der Waals surface area contributed by atoms with Gasteiger partial charge in [0.2, 0.25) is 5.91 Å². The van der Waals surface area contributed by atoms with Gasteiger partial charge in [0.15, 0.2) is 0 Å². The van der Waals surface area contributed by atoms with E-state index >= 15 is 0 Å². The van der Waals surface area contributed by atoms with Gasteiger partial charge in [0, 0.05) is 10.9 Å². The number of ether oxygens (including phenoxy) is 1. The van der Waals surface area contributed by atoms with E-state index in [1.54, 1.807) is 18.9 Å². The molecule has 0 saturated heterocycles. The van der Waals surface area contributed by atoms with Crippen LogP contribution in [-0.2, 0) is 4.79 Å². The first kappa shape index (κ1) is 17.2. The third-order valence-corrected chi connectivity index (χ3v) is 5.31. The van der Waals surface area contributed by atoms with Gasteiger partial charge in [-0.3, -0.25) is 4.79 Å². The predicted molar refractivity (Wildman–Crippen MR) is 92.6 cm³/mol. The van der Waals surface area contributed by atoms with Crippen molar-refractivity contribution >= 4 is 17.7 Å². The van der Waals surface area contributed by atoms with Crippen molar-refractivity contribution in [3.8, 4) is 5.75 Å². The van der Waals surface area contributed by atoms with E-state index in [-0.39, 0.29) is 11.2 Å². The molecule has 1 aliphatic carbocycles. The highest BCUT2D eigenvalue weighted by Crippen LogP contribution is 2.26. The zero-order chi connectivity index (χ0) is 15.8. The number of carbonyl (C=O) groups is 1. The molecule has 1 saturated carbocycles. The van der Waals surface area contributed by atoms with E-state index in [0.717, 1.165) is 23.5 Å². The minimum Gasteiger partial charge on any atom is -0.497 e. The summed E-state index contributed by atoms with van der Waals surface area (Å²) in [6, 6.07) is 8.24. The maximum atomic E-state index is 12.4. The van der Waals surface area contributed by atoms with Crippen LogP contribution < -0.4 is 10.1 Å². The first-order valence-electron chi connectivity index (χ1n) is 8.30. The van der Waals surface area contributed by atoms with Crippen molar-refractivity contribution in [1.82, 2.24) is 5.32 Å². The van der Waals surface area contributed by atoms with Gasteiger partial charge in [-0.05, 0) is 44.0 Å². The quantitative estimate of drug-likeness (QED) is 0.817. The van der Waals surface area contributed by atoms with Crippen molar-refractivity contribution in [3.63, 3.8) is 0 Å². The Morgan fingerprint density at radius 1 is 1.14 bits per heavy atom. The average molecular weight is 321 g/mol. The molecule has 122 valence electrons. The normalized spacial score (nSPS) is 18.1. The predicted octanol–water partition coefficient (Wildman–Crippen LogP) is 4.40. The van der Waals surface area contributed by atoms with Crippen LogP contribution in [0.4, 0.5) is 0 Å². The van der Waals surface area contributed by atoms with E-state index in [2.05, 4.69) is 5.32 Å². The van der Waals surface area contributed by atoms with Crippen LogP contribution in [-0.4, -0.2) is 24.3 Å². The Labute approximate surface area is 138 Å². The van der Waals surface area contributed by atoms with Crippen LogP contribution in [0.25, 0.3) is 0 Å². The van der Waals surface area contributed by atoms with Gasteiger partial charge in [0.25, 0.3) is 0 Å². The molecule has 2 rings (SSSR count). The first-order valence-corrected chi connectivity index (χ1v) is 9.18. The zero-order valence-electron chi connectivity index (χ0n) is 13.6. The van der Waals surface area contributed by atoms with Gasteiger partial charge < -0.3 is 10.1 Å². The number of benzene rings is 1. The molecule has 0 bridgehead atoms. The lowest BCUT2D eigenvalue weighted by Gasteiger charge is -2.22. The highest BCUT2D eigenvalue weighted by atomic mass is 32.2. The fourth-order valence-corrected chi connectivity index (χ4v) is 3.71. The maximum Gasteiger partial charge on any atom is 0.233 e. The molecule has 0 heterocycles. The number of hydrogen-bond donors (Lipinski definition) is 1. The number of methoxy groups -OCH3 is 1. The maximum absolute atomic E-state index is 12.4. The molecule has 1 fully saturated rings. The van der Waals surface area contributed by atoms with Crippen LogP contribution in [0.2, 0.25) is 0 Å². The summed E-state index contributed by atoms with van der Waals surface area (Å²) in [5, 5.41) is 3.17. The molecule has 0 radical (unpaired) electrons. The first-order chi connectivity index (χ1) is 10.7. The van der Waals surface area contributed by atoms with E-state index in [9.17, 15) is 4.79 Å². The van der Waals surface area contributed by atoms with Gasteiger partial charge in [-0.25, -0.2) is 0 Å². The van der Waals surface area contributed by atoms with Crippen LogP contribution in [0, 0.1) is 0 Å². The Bertz CT molecular complexity index is 453. The van der Waals surface area contributed by atoms with Gasteiger partial charge in [0.1, 0.15) is 5.75 Å². The van der Waals surface area contributed by atoms with Crippen LogP contribution >= 0.6 is 11.8 Å². The average Bonchev–Trinajstić information content (AvgIpc) is 2.50. The summed E-state index contributed by atoms with van der Waals surface area (Å²) < 4.78 is 5.16. The van der Waals surface area contributed by atoms with Crippen molar-refractivity contribution < 1.29 is 9.53 Å². The molecule has 1 N–H and O–H groups in total. The number of amides is 1. The molecule has 1 aromatic rings. The SMILES string of the molecule is COc1ccc(S[C@H](C)C(=O)NC2CCCCCCC2)cc1. The lowest BCUT2D eigenvalue weighted by Crippen LogP contribution is -2.39. The van der Waals surface area contributed by atoms with Gasteiger partial charge in [-0.1, -0.05) is 32.1 Å². The molecule has 0 unspecified atom stereocenters. The van der Waals surface area contributed by atoms with Crippen LogP contribution in [0.3, 0.4) is 0 Å². The number of rotatable bonds is 5. The Balaban J connectivity index is 1.82. The zero-order valence-corrected chi connectivity index (χ0v) is 14.5. The molecule has 0 spiro atoms. The van der Waals surface area contributed by atoms with Crippen molar-refractivity contribution in [2.75, 3.05) is 7.11 Å². The summed E-state index contributed by atoms with van der Waals surface area (Å²) in [6.07, 6.45) is 8.71. The molecular weight excluding hydrogens is 294 g/mol. The molecular formula is C18H27NO2S. The highest BCUT2D eigenvalue weighted by Gasteiger charge is 2.19. The number of carbonyl (C=O) groups excluding carboxylic acids is 1. The van der Waals surface area contributed by atoms with Crippen molar-refractivity contribution in [1.29, 1.82) is 0 Å². The second-order valence-corrected chi connectivity index (χ2v) is 7.40. The summed E-state index contributed by atoms with van der Waals surface area (Å²) in [5.74, 6) is 1.00. The summed E-state index contributed by atoms with van der Waals surface area (Å²) in [4.78, 5) is 13.5. The van der Waals surface area contributed by atoms with E-state index in [1.807, 2.05) is 31.2 Å². The lowest BCUT2D eigenvalue weighted by atomic mass is 9.97. The van der Waals surface area contributed by atoms with E-state index in [1.165, 1.54) is 32.1 Å². The third-order valence-electron chi connectivity index (χ3n) is 4.19. The molecule has 1 amide bonds. The molecule has 1 aromatic carbocycles. The minimum absolute atomic E-state index is 0.0705. The number of nitrogens with one attached hydrogen (secondary N) is 1. The Kier molecular flexibility index (Phi) is 7.10. The second-order valence-electron chi connectivity index (χ2n) is 5.99. The molecule has 0 aliphatic heterocycles. The molecule has 1 aliphatic rings. The highest BCUT2D eigenvalue weighted by molar-refractivity contribution is 8.00. The van der Waals surface area contributed by atoms with Gasteiger partial charge >= 0.3 is 0 Å². The Hall–Kier alpha value is -1.16. The molecule has 3 nitrogen and oxygen atoms in total. The minimum atomic E-state index is -0.0705. The molecule has 22 heavy (non-hydrogen) atoms. The fourth-order valence-electron chi connectivity index (χ4n) is 2.83. The summed E-state index contributed by atoms with van der Waals surface area (Å²) in [5.41, 5.74) is 0. The van der Waals surface area contributed by atoms with Crippen LogP contribution in [0.1, 0.15) is 51.9 Å². The fraction of sp³-hybridized carbons (Fsp3) is 0.611. The van der Waals surface area contributed by atoms with E-state index in [0.29, 0.717) is 6.04 Å². The van der Waals surface area contributed by atoms with Gasteiger partial charge in [-0.15, -0.1) is 11.8 Å². The van der Waals surface area contributed by atoms with E-state index < -0.39 is 0 Å². The van der Waals surface area contributed by atoms with Gasteiger partial charge in [0.05, 0.1) is 12.4 Å². The van der Waals surface area contributed by atoms with Crippen molar-refractivity contribution in [2.45, 2.75) is 68.1 Å². The summed E-state index contributed by atoms with van der Waals surface area (Å²) in [6.45, 7) is 1.98. The Morgan fingerprint density at radius 3 is 2.32 bits per heavy atom. The third kappa shape index (κ3) is 5.56. The molecule has 1 atom stereocenters. The monoisotopic (exact) mass is 321 g/mol. The molecule has 0 aromatic heterocycles. The number of thioether (sulfide) groups is 1. The molecule has 4 heteroatoms. The van der Waals surface area contributed by atoms with E-state index in [4.69, 9.17) is 4.74 Å². The lowest BCUT2D eigenvalue weighted by molar-refractivity contribution is -0.121. The smallest absolute Gasteiger partial charge is 0.233 e. The van der Waals surface area contributed by atoms with Crippen LogP contribution in [0.15, 0.2) is 29.2 Å². The standard InChI is InChI=1S/C18H27NO2S/c1-14(22-17-12-10-16(21-2)11-13-17)18(20)19-15-8-6-4-3-5-7-9-15/h10-15H,3-9H2,1-2H3,(H,19,20)/t14-/m1/s1.